The fraction of sp³-hybridized carbons (Fsp3) is 0.667. The van der Waals surface area contributed by atoms with Crippen molar-refractivity contribution in [2.24, 2.45) is 11.8 Å². The van der Waals surface area contributed by atoms with Crippen LogP contribution in [0.1, 0.15) is 24.1 Å². The van der Waals surface area contributed by atoms with Gasteiger partial charge in [0.15, 0.2) is 0 Å². The summed E-state index contributed by atoms with van der Waals surface area (Å²) in [6.45, 7) is 1.20. The molecule has 1 aromatic heterocycles. The molecule has 1 heterocycles. The molecule has 2 saturated carbocycles. The van der Waals surface area contributed by atoms with Crippen molar-refractivity contribution in [3.8, 4) is 0 Å². The highest BCUT2D eigenvalue weighted by atomic mass is 32.1. The molecule has 2 unspecified atom stereocenters. The van der Waals surface area contributed by atoms with E-state index in [0.717, 1.165) is 11.8 Å². The minimum Gasteiger partial charge on any atom is -0.319 e. The summed E-state index contributed by atoms with van der Waals surface area (Å²) in [5.41, 5.74) is 0.608. The first-order valence-electron chi connectivity index (χ1n) is 5.56. The molecule has 76 valence electrons. The maximum absolute atomic E-state index is 3.33. The van der Waals surface area contributed by atoms with Crippen LogP contribution in [0.15, 0.2) is 17.5 Å². The molecule has 0 saturated heterocycles. The quantitative estimate of drug-likeness (QED) is 0.800. The zero-order valence-electron chi connectivity index (χ0n) is 8.62. The Morgan fingerprint density at radius 3 is 3.00 bits per heavy atom. The summed E-state index contributed by atoms with van der Waals surface area (Å²) in [5.74, 6) is 1.93. The lowest BCUT2D eigenvalue weighted by Gasteiger charge is -2.14. The first kappa shape index (κ1) is 8.93. The van der Waals surface area contributed by atoms with E-state index in [-0.39, 0.29) is 0 Å². The Hall–Kier alpha value is -0.340. The van der Waals surface area contributed by atoms with Crippen molar-refractivity contribution in [3.63, 3.8) is 0 Å². The fourth-order valence-electron chi connectivity index (χ4n) is 2.99. The van der Waals surface area contributed by atoms with Crippen molar-refractivity contribution < 1.29 is 0 Å². The highest BCUT2D eigenvalue weighted by molar-refractivity contribution is 7.10. The van der Waals surface area contributed by atoms with E-state index < -0.39 is 0 Å². The summed E-state index contributed by atoms with van der Waals surface area (Å²) in [7, 11) is 2.07. The van der Waals surface area contributed by atoms with Gasteiger partial charge in [-0.1, -0.05) is 6.07 Å². The number of rotatable bonds is 4. The highest BCUT2D eigenvalue weighted by Crippen LogP contribution is 2.66. The topological polar surface area (TPSA) is 12.0 Å². The van der Waals surface area contributed by atoms with Crippen LogP contribution in [-0.2, 0) is 5.41 Å². The molecule has 2 atom stereocenters. The maximum Gasteiger partial charge on any atom is 0.0119 e. The Bertz CT molecular complexity index is 315. The van der Waals surface area contributed by atoms with Gasteiger partial charge in [-0.3, -0.25) is 0 Å². The van der Waals surface area contributed by atoms with Crippen molar-refractivity contribution in [3.05, 3.63) is 22.4 Å². The predicted octanol–water partition coefficient (Wildman–Crippen LogP) is 2.64. The SMILES string of the molecule is CNCC1CC1(c1cccs1)C1CC1. The van der Waals surface area contributed by atoms with E-state index in [0.29, 0.717) is 5.41 Å². The number of nitrogens with one attached hydrogen (secondary N) is 1. The molecule has 0 amide bonds. The second kappa shape index (κ2) is 3.07. The van der Waals surface area contributed by atoms with Gasteiger partial charge in [0.25, 0.3) is 0 Å². The van der Waals surface area contributed by atoms with Crippen molar-refractivity contribution in [2.45, 2.75) is 24.7 Å². The van der Waals surface area contributed by atoms with Gasteiger partial charge in [0.05, 0.1) is 0 Å². The van der Waals surface area contributed by atoms with Gasteiger partial charge >= 0.3 is 0 Å². The zero-order chi connectivity index (χ0) is 9.60. The molecule has 1 nitrogen and oxygen atoms in total. The Morgan fingerprint density at radius 2 is 2.43 bits per heavy atom. The minimum atomic E-state index is 0.608. The smallest absolute Gasteiger partial charge is 0.0119 e. The van der Waals surface area contributed by atoms with Gasteiger partial charge in [-0.2, -0.15) is 0 Å². The molecule has 0 aromatic carbocycles. The van der Waals surface area contributed by atoms with Crippen LogP contribution >= 0.6 is 11.3 Å². The molecule has 2 aliphatic carbocycles. The van der Waals surface area contributed by atoms with Gasteiger partial charge in [0.2, 0.25) is 0 Å². The van der Waals surface area contributed by atoms with E-state index >= 15 is 0 Å². The van der Waals surface area contributed by atoms with Crippen LogP contribution in [0, 0.1) is 11.8 Å². The Labute approximate surface area is 89.5 Å². The Balaban J connectivity index is 1.85. The summed E-state index contributed by atoms with van der Waals surface area (Å²) >= 11 is 1.96. The van der Waals surface area contributed by atoms with E-state index in [1.54, 1.807) is 4.88 Å². The number of hydrogen-bond donors (Lipinski definition) is 1. The monoisotopic (exact) mass is 207 g/mol. The van der Waals surface area contributed by atoms with Crippen LogP contribution in [0.4, 0.5) is 0 Å². The van der Waals surface area contributed by atoms with Crippen molar-refractivity contribution in [1.82, 2.24) is 5.32 Å². The largest absolute Gasteiger partial charge is 0.319 e. The van der Waals surface area contributed by atoms with Crippen LogP contribution in [0.2, 0.25) is 0 Å². The lowest BCUT2D eigenvalue weighted by Crippen LogP contribution is -2.19. The second-order valence-electron chi connectivity index (χ2n) is 4.75. The molecule has 3 rings (SSSR count). The maximum atomic E-state index is 3.33. The lowest BCUT2D eigenvalue weighted by atomic mass is 9.95. The second-order valence-corrected chi connectivity index (χ2v) is 5.70. The average molecular weight is 207 g/mol. The minimum absolute atomic E-state index is 0.608. The Morgan fingerprint density at radius 1 is 1.57 bits per heavy atom. The molecule has 0 aliphatic heterocycles. The average Bonchev–Trinajstić information content (AvgIpc) is 3.07. The van der Waals surface area contributed by atoms with Crippen LogP contribution in [0.25, 0.3) is 0 Å². The first-order chi connectivity index (χ1) is 6.88. The van der Waals surface area contributed by atoms with Crippen LogP contribution < -0.4 is 5.32 Å². The Kier molecular flexibility index (Phi) is 1.96. The van der Waals surface area contributed by atoms with Crippen LogP contribution in [0.3, 0.4) is 0 Å². The molecule has 1 N–H and O–H groups in total. The summed E-state index contributed by atoms with van der Waals surface area (Å²) in [4.78, 5) is 1.65. The third-order valence-corrected chi connectivity index (χ3v) is 4.95. The molecule has 0 radical (unpaired) electrons. The molecule has 14 heavy (non-hydrogen) atoms. The molecule has 2 aliphatic rings. The molecule has 0 spiro atoms. The van der Waals surface area contributed by atoms with Gasteiger partial charge in [-0.05, 0) is 56.1 Å². The van der Waals surface area contributed by atoms with E-state index in [9.17, 15) is 0 Å². The van der Waals surface area contributed by atoms with Crippen molar-refractivity contribution in [1.29, 1.82) is 0 Å². The highest BCUT2D eigenvalue weighted by Gasteiger charge is 2.62. The van der Waals surface area contributed by atoms with Gasteiger partial charge in [0, 0.05) is 10.3 Å². The van der Waals surface area contributed by atoms with Gasteiger partial charge in [-0.25, -0.2) is 0 Å². The molecular weight excluding hydrogens is 190 g/mol. The van der Waals surface area contributed by atoms with E-state index in [1.807, 2.05) is 11.3 Å². The van der Waals surface area contributed by atoms with Crippen molar-refractivity contribution >= 4 is 11.3 Å². The molecule has 1 aromatic rings. The van der Waals surface area contributed by atoms with Gasteiger partial charge < -0.3 is 5.32 Å². The van der Waals surface area contributed by atoms with E-state index in [2.05, 4.69) is 29.9 Å². The van der Waals surface area contributed by atoms with Gasteiger partial charge in [-0.15, -0.1) is 11.3 Å². The summed E-state index contributed by atoms with van der Waals surface area (Å²) in [5, 5.41) is 5.56. The van der Waals surface area contributed by atoms with Crippen LogP contribution in [0.5, 0.6) is 0 Å². The molecule has 2 heteroatoms. The predicted molar refractivity (Wildman–Crippen MR) is 60.8 cm³/mol. The van der Waals surface area contributed by atoms with Crippen molar-refractivity contribution in [2.75, 3.05) is 13.6 Å². The number of hydrogen-bond acceptors (Lipinski definition) is 2. The molecule has 2 fully saturated rings. The zero-order valence-corrected chi connectivity index (χ0v) is 9.44. The summed E-state index contributed by atoms with van der Waals surface area (Å²) < 4.78 is 0. The standard InChI is InChI=1S/C12H17NS/c1-13-8-10-7-12(10,9-4-5-9)11-3-2-6-14-11/h2-3,6,9-10,13H,4-5,7-8H2,1H3. The van der Waals surface area contributed by atoms with E-state index in [1.165, 1.54) is 25.8 Å². The fourth-order valence-corrected chi connectivity index (χ4v) is 4.09. The van der Waals surface area contributed by atoms with E-state index in [4.69, 9.17) is 0 Å². The molecular formula is C12H17NS. The normalized spacial score (nSPS) is 35.9. The lowest BCUT2D eigenvalue weighted by molar-refractivity contribution is 0.525. The third kappa shape index (κ3) is 1.17. The first-order valence-corrected chi connectivity index (χ1v) is 6.44. The summed E-state index contributed by atoms with van der Waals surface area (Å²) in [6.07, 6.45) is 4.37. The summed E-state index contributed by atoms with van der Waals surface area (Å²) in [6, 6.07) is 4.55. The molecule has 0 bridgehead atoms. The third-order valence-electron chi connectivity index (χ3n) is 3.89. The van der Waals surface area contributed by atoms with Gasteiger partial charge in [0.1, 0.15) is 0 Å². The number of thiophene rings is 1. The van der Waals surface area contributed by atoms with Crippen LogP contribution in [-0.4, -0.2) is 13.6 Å².